The van der Waals surface area contributed by atoms with E-state index in [1.165, 1.54) is 0 Å². The predicted molar refractivity (Wildman–Crippen MR) is 86.5 cm³/mol. The van der Waals surface area contributed by atoms with Gasteiger partial charge in [-0.05, 0) is 63.1 Å². The predicted octanol–water partition coefficient (Wildman–Crippen LogP) is 4.92. The number of aryl methyl sites for hydroxylation is 3. The number of hydrogen-bond donors (Lipinski definition) is 0. The van der Waals surface area contributed by atoms with Gasteiger partial charge in [-0.3, -0.25) is 4.79 Å². The molecular weight excluding hydrogens is 284 g/mol. The summed E-state index contributed by atoms with van der Waals surface area (Å²) in [5.74, 6) is 0.645. The van der Waals surface area contributed by atoms with E-state index in [1.807, 2.05) is 45.0 Å². The minimum Gasteiger partial charge on any atom is -0.483 e. The fourth-order valence-corrected chi connectivity index (χ4v) is 2.29. The summed E-state index contributed by atoms with van der Waals surface area (Å²) in [4.78, 5) is 12.5. The summed E-state index contributed by atoms with van der Waals surface area (Å²) in [7, 11) is 0. The third kappa shape index (κ3) is 3.64. The smallest absolute Gasteiger partial charge is 0.203 e. The first-order valence-electron chi connectivity index (χ1n) is 6.93. The molecule has 21 heavy (non-hydrogen) atoms. The third-order valence-electron chi connectivity index (χ3n) is 3.47. The van der Waals surface area contributed by atoms with Crippen molar-refractivity contribution in [1.82, 2.24) is 0 Å². The van der Waals surface area contributed by atoms with Crippen molar-refractivity contribution in [3.05, 3.63) is 63.7 Å². The summed E-state index contributed by atoms with van der Waals surface area (Å²) in [6.07, 6.45) is -0.536. The lowest BCUT2D eigenvalue weighted by Gasteiger charge is -2.16. The molecule has 0 N–H and O–H groups in total. The number of carbonyl (C=O) groups is 1. The molecule has 2 aromatic rings. The summed E-state index contributed by atoms with van der Waals surface area (Å²) in [5, 5.41) is 0.691. The number of ether oxygens (including phenoxy) is 1. The molecule has 2 rings (SSSR count). The van der Waals surface area contributed by atoms with Gasteiger partial charge in [0.2, 0.25) is 5.78 Å². The van der Waals surface area contributed by atoms with Gasteiger partial charge >= 0.3 is 0 Å². The average molecular weight is 303 g/mol. The van der Waals surface area contributed by atoms with Crippen molar-refractivity contribution < 1.29 is 9.53 Å². The molecule has 0 saturated carbocycles. The standard InChI is InChI=1S/C18H19ClO2/c1-11-5-6-12(2)16(9-11)18(20)14(4)21-15-7-8-17(19)13(3)10-15/h5-10,14H,1-4H3. The minimum absolute atomic E-state index is 0.0104. The quantitative estimate of drug-likeness (QED) is 0.750. The van der Waals surface area contributed by atoms with Gasteiger partial charge in [-0.2, -0.15) is 0 Å². The van der Waals surface area contributed by atoms with Gasteiger partial charge in [-0.15, -0.1) is 0 Å². The first-order valence-corrected chi connectivity index (χ1v) is 7.30. The molecule has 2 aromatic carbocycles. The van der Waals surface area contributed by atoms with Gasteiger partial charge in [0.05, 0.1) is 0 Å². The van der Waals surface area contributed by atoms with E-state index in [9.17, 15) is 4.79 Å². The fraction of sp³-hybridized carbons (Fsp3) is 0.278. The lowest BCUT2D eigenvalue weighted by Crippen LogP contribution is -2.24. The van der Waals surface area contributed by atoms with E-state index >= 15 is 0 Å². The molecule has 0 saturated heterocycles. The van der Waals surface area contributed by atoms with Gasteiger partial charge in [0.25, 0.3) is 0 Å². The van der Waals surface area contributed by atoms with Crippen LogP contribution in [-0.4, -0.2) is 11.9 Å². The van der Waals surface area contributed by atoms with Crippen molar-refractivity contribution in [1.29, 1.82) is 0 Å². The number of benzene rings is 2. The Morgan fingerprint density at radius 3 is 2.43 bits per heavy atom. The molecule has 1 atom stereocenters. The summed E-state index contributed by atoms with van der Waals surface area (Å²) >= 11 is 5.99. The van der Waals surface area contributed by atoms with E-state index in [2.05, 4.69) is 0 Å². The monoisotopic (exact) mass is 302 g/mol. The van der Waals surface area contributed by atoms with Crippen LogP contribution in [0.15, 0.2) is 36.4 Å². The van der Waals surface area contributed by atoms with E-state index in [0.29, 0.717) is 16.3 Å². The van der Waals surface area contributed by atoms with Crippen molar-refractivity contribution in [3.63, 3.8) is 0 Å². The number of rotatable bonds is 4. The largest absolute Gasteiger partial charge is 0.483 e. The number of hydrogen-bond acceptors (Lipinski definition) is 2. The SMILES string of the molecule is Cc1ccc(C)c(C(=O)C(C)Oc2ccc(Cl)c(C)c2)c1. The molecular formula is C18H19ClO2. The summed E-state index contributed by atoms with van der Waals surface area (Å²) in [6, 6.07) is 11.3. The van der Waals surface area contributed by atoms with Crippen molar-refractivity contribution in [2.75, 3.05) is 0 Å². The Kier molecular flexibility index (Phi) is 4.69. The molecule has 0 aromatic heterocycles. The topological polar surface area (TPSA) is 26.3 Å². The molecule has 1 unspecified atom stereocenters. The Labute approximate surface area is 130 Å². The lowest BCUT2D eigenvalue weighted by atomic mass is 9.99. The molecule has 0 fully saturated rings. The van der Waals surface area contributed by atoms with Crippen LogP contribution < -0.4 is 4.74 Å². The van der Waals surface area contributed by atoms with Crippen LogP contribution in [0.2, 0.25) is 5.02 Å². The Morgan fingerprint density at radius 2 is 1.76 bits per heavy atom. The number of halogens is 1. The van der Waals surface area contributed by atoms with Crippen LogP contribution >= 0.6 is 11.6 Å². The molecule has 110 valence electrons. The zero-order valence-electron chi connectivity index (χ0n) is 12.7. The van der Waals surface area contributed by atoms with Crippen LogP contribution in [0.5, 0.6) is 5.75 Å². The van der Waals surface area contributed by atoms with Gasteiger partial charge in [0.15, 0.2) is 6.10 Å². The van der Waals surface area contributed by atoms with E-state index in [1.54, 1.807) is 19.1 Å². The molecule has 0 amide bonds. The van der Waals surface area contributed by atoms with Gasteiger partial charge in [-0.1, -0.05) is 29.3 Å². The fourth-order valence-electron chi connectivity index (χ4n) is 2.17. The van der Waals surface area contributed by atoms with Gasteiger partial charge < -0.3 is 4.74 Å². The molecule has 3 heteroatoms. The van der Waals surface area contributed by atoms with Crippen LogP contribution in [-0.2, 0) is 0 Å². The molecule has 0 heterocycles. The molecule has 2 nitrogen and oxygen atoms in total. The van der Waals surface area contributed by atoms with Crippen molar-refractivity contribution in [2.24, 2.45) is 0 Å². The van der Waals surface area contributed by atoms with Gasteiger partial charge in [0.1, 0.15) is 5.75 Å². The number of carbonyl (C=O) groups excluding carboxylic acids is 1. The zero-order valence-corrected chi connectivity index (χ0v) is 13.5. The highest BCUT2D eigenvalue weighted by Gasteiger charge is 2.19. The second-order valence-corrected chi connectivity index (χ2v) is 5.76. The van der Waals surface area contributed by atoms with Crippen molar-refractivity contribution >= 4 is 17.4 Å². The van der Waals surface area contributed by atoms with E-state index in [4.69, 9.17) is 16.3 Å². The number of Topliss-reactive ketones (excluding diaryl/α,β-unsaturated/α-hetero) is 1. The summed E-state index contributed by atoms with van der Waals surface area (Å²) in [6.45, 7) is 7.59. The van der Waals surface area contributed by atoms with Gasteiger partial charge in [0, 0.05) is 10.6 Å². The van der Waals surface area contributed by atoms with Crippen LogP contribution in [0.3, 0.4) is 0 Å². The van der Waals surface area contributed by atoms with Crippen LogP contribution in [0, 0.1) is 20.8 Å². The van der Waals surface area contributed by atoms with Crippen LogP contribution in [0.25, 0.3) is 0 Å². The van der Waals surface area contributed by atoms with Crippen molar-refractivity contribution in [2.45, 2.75) is 33.8 Å². The average Bonchev–Trinajstić information content (AvgIpc) is 2.44. The maximum Gasteiger partial charge on any atom is 0.203 e. The zero-order chi connectivity index (χ0) is 15.6. The Bertz CT molecular complexity index is 677. The van der Waals surface area contributed by atoms with Crippen LogP contribution in [0.4, 0.5) is 0 Å². The molecule has 0 bridgehead atoms. The first-order chi connectivity index (χ1) is 9.88. The molecule has 0 aliphatic carbocycles. The summed E-state index contributed by atoms with van der Waals surface area (Å²) in [5.41, 5.74) is 3.68. The second kappa shape index (κ2) is 6.31. The Hall–Kier alpha value is -1.80. The van der Waals surface area contributed by atoms with Crippen molar-refractivity contribution in [3.8, 4) is 5.75 Å². The van der Waals surface area contributed by atoms with E-state index in [0.717, 1.165) is 16.7 Å². The van der Waals surface area contributed by atoms with E-state index < -0.39 is 6.10 Å². The third-order valence-corrected chi connectivity index (χ3v) is 3.89. The minimum atomic E-state index is -0.536. The normalized spacial score (nSPS) is 12.0. The maximum atomic E-state index is 12.5. The lowest BCUT2D eigenvalue weighted by molar-refractivity contribution is 0.0817. The second-order valence-electron chi connectivity index (χ2n) is 5.35. The Morgan fingerprint density at radius 1 is 1.05 bits per heavy atom. The highest BCUT2D eigenvalue weighted by Crippen LogP contribution is 2.23. The highest BCUT2D eigenvalue weighted by atomic mass is 35.5. The van der Waals surface area contributed by atoms with Crippen LogP contribution in [0.1, 0.15) is 34.0 Å². The maximum absolute atomic E-state index is 12.5. The molecule has 0 spiro atoms. The highest BCUT2D eigenvalue weighted by molar-refractivity contribution is 6.31. The molecule has 0 aliphatic heterocycles. The first kappa shape index (κ1) is 15.6. The number of ketones is 1. The molecule has 0 aliphatic rings. The Balaban J connectivity index is 2.19. The summed E-state index contributed by atoms with van der Waals surface area (Å²) < 4.78 is 5.75. The molecule has 0 radical (unpaired) electrons. The van der Waals surface area contributed by atoms with E-state index in [-0.39, 0.29) is 5.78 Å². The van der Waals surface area contributed by atoms with Gasteiger partial charge in [-0.25, -0.2) is 0 Å².